The molecule has 0 aromatic heterocycles. The highest BCUT2D eigenvalue weighted by Crippen LogP contribution is 2.20. The van der Waals surface area contributed by atoms with Crippen molar-refractivity contribution >= 4 is 21.6 Å². The average Bonchev–Trinajstić information content (AvgIpc) is 1.96. The van der Waals surface area contributed by atoms with Gasteiger partial charge in [0.25, 0.3) is 0 Å². The molecule has 1 rings (SSSR count). The Kier molecular flexibility index (Phi) is 3.15. The Labute approximate surface area is 82.1 Å². The zero-order valence-electron chi connectivity index (χ0n) is 7.47. The monoisotopic (exact) mass is 227 g/mol. The van der Waals surface area contributed by atoms with Crippen LogP contribution < -0.4 is 5.73 Å². The predicted molar refractivity (Wildman–Crippen MR) is 57.1 cm³/mol. The van der Waals surface area contributed by atoms with Crippen LogP contribution in [0.5, 0.6) is 0 Å². The van der Waals surface area contributed by atoms with Gasteiger partial charge < -0.3 is 5.73 Å². The first-order chi connectivity index (χ1) is 5.59. The summed E-state index contributed by atoms with van der Waals surface area (Å²) in [6.07, 6.45) is 1.05. The molecule has 1 aromatic rings. The van der Waals surface area contributed by atoms with Crippen LogP contribution in [0.3, 0.4) is 0 Å². The fraction of sp³-hybridized carbons (Fsp3) is 0.400. The minimum Gasteiger partial charge on any atom is -0.399 e. The van der Waals surface area contributed by atoms with Crippen molar-refractivity contribution < 1.29 is 0 Å². The van der Waals surface area contributed by atoms with Crippen LogP contribution in [0, 0.1) is 5.92 Å². The van der Waals surface area contributed by atoms with Gasteiger partial charge >= 0.3 is 0 Å². The molecule has 2 heteroatoms. The van der Waals surface area contributed by atoms with E-state index in [1.165, 1.54) is 5.56 Å². The third kappa shape index (κ3) is 2.52. The van der Waals surface area contributed by atoms with Crippen molar-refractivity contribution in [3.63, 3.8) is 0 Å². The van der Waals surface area contributed by atoms with E-state index in [0.29, 0.717) is 5.92 Å². The minimum absolute atomic E-state index is 0.654. The standard InChI is InChI=1S/C10H14BrN/c1-7(2)5-8-6-9(11)3-4-10(8)12/h3-4,6-7H,5,12H2,1-2H3. The lowest BCUT2D eigenvalue weighted by Crippen LogP contribution is -1.99. The zero-order valence-corrected chi connectivity index (χ0v) is 9.06. The third-order valence-electron chi connectivity index (χ3n) is 1.73. The Hall–Kier alpha value is -0.500. The Morgan fingerprint density at radius 3 is 2.67 bits per heavy atom. The van der Waals surface area contributed by atoms with Crippen LogP contribution in [0.1, 0.15) is 19.4 Å². The van der Waals surface area contributed by atoms with Crippen LogP contribution in [-0.2, 0) is 6.42 Å². The average molecular weight is 228 g/mol. The van der Waals surface area contributed by atoms with E-state index in [9.17, 15) is 0 Å². The van der Waals surface area contributed by atoms with Gasteiger partial charge in [0.05, 0.1) is 0 Å². The van der Waals surface area contributed by atoms with Gasteiger partial charge in [-0.25, -0.2) is 0 Å². The zero-order chi connectivity index (χ0) is 9.14. The van der Waals surface area contributed by atoms with E-state index in [0.717, 1.165) is 16.6 Å². The van der Waals surface area contributed by atoms with E-state index in [-0.39, 0.29) is 0 Å². The number of hydrogen-bond donors (Lipinski definition) is 1. The molecule has 0 fully saturated rings. The van der Waals surface area contributed by atoms with Crippen LogP contribution >= 0.6 is 15.9 Å². The van der Waals surface area contributed by atoms with Crippen molar-refractivity contribution in [2.45, 2.75) is 20.3 Å². The van der Waals surface area contributed by atoms with Gasteiger partial charge in [-0.2, -0.15) is 0 Å². The lowest BCUT2D eigenvalue weighted by atomic mass is 10.0. The molecule has 1 aromatic carbocycles. The first-order valence-corrected chi connectivity index (χ1v) is 4.93. The normalized spacial score (nSPS) is 10.7. The lowest BCUT2D eigenvalue weighted by Gasteiger charge is -2.08. The summed E-state index contributed by atoms with van der Waals surface area (Å²) in [7, 11) is 0. The predicted octanol–water partition coefficient (Wildman–Crippen LogP) is 3.23. The molecule has 0 bridgehead atoms. The molecule has 0 aliphatic rings. The number of halogens is 1. The molecule has 2 N–H and O–H groups in total. The van der Waals surface area contributed by atoms with Crippen molar-refractivity contribution in [2.75, 3.05) is 5.73 Å². The SMILES string of the molecule is CC(C)Cc1cc(Br)ccc1N. The van der Waals surface area contributed by atoms with Crippen molar-refractivity contribution in [1.29, 1.82) is 0 Å². The Morgan fingerprint density at radius 1 is 1.42 bits per heavy atom. The van der Waals surface area contributed by atoms with Gasteiger partial charge in [0, 0.05) is 10.2 Å². The van der Waals surface area contributed by atoms with Crippen LogP contribution in [0.2, 0.25) is 0 Å². The van der Waals surface area contributed by atoms with E-state index in [1.807, 2.05) is 12.1 Å². The van der Waals surface area contributed by atoms with E-state index >= 15 is 0 Å². The first-order valence-electron chi connectivity index (χ1n) is 4.13. The molecule has 0 spiro atoms. The molecule has 0 aliphatic carbocycles. The molecule has 0 amide bonds. The van der Waals surface area contributed by atoms with Gasteiger partial charge in [0.1, 0.15) is 0 Å². The smallest absolute Gasteiger partial charge is 0.0347 e. The Bertz CT molecular complexity index is 269. The topological polar surface area (TPSA) is 26.0 Å². The summed E-state index contributed by atoms with van der Waals surface area (Å²) in [6.45, 7) is 4.39. The summed E-state index contributed by atoms with van der Waals surface area (Å²) >= 11 is 3.43. The van der Waals surface area contributed by atoms with Crippen LogP contribution in [0.25, 0.3) is 0 Å². The molecule has 1 nitrogen and oxygen atoms in total. The third-order valence-corrected chi connectivity index (χ3v) is 2.23. The maximum absolute atomic E-state index is 5.82. The molecular weight excluding hydrogens is 214 g/mol. The number of benzene rings is 1. The van der Waals surface area contributed by atoms with Crippen LogP contribution in [0.4, 0.5) is 5.69 Å². The number of nitrogens with two attached hydrogens (primary N) is 1. The second-order valence-corrected chi connectivity index (χ2v) is 4.36. The summed E-state index contributed by atoms with van der Waals surface area (Å²) in [4.78, 5) is 0. The molecule has 0 unspecified atom stereocenters. The molecule has 12 heavy (non-hydrogen) atoms. The van der Waals surface area contributed by atoms with Gasteiger partial charge in [0.15, 0.2) is 0 Å². The summed E-state index contributed by atoms with van der Waals surface area (Å²) in [5, 5.41) is 0. The van der Waals surface area contributed by atoms with Gasteiger partial charge in [-0.15, -0.1) is 0 Å². The summed E-state index contributed by atoms with van der Waals surface area (Å²) < 4.78 is 1.10. The van der Waals surface area contributed by atoms with Gasteiger partial charge in [-0.1, -0.05) is 29.8 Å². The summed E-state index contributed by atoms with van der Waals surface area (Å²) in [5.41, 5.74) is 7.95. The van der Waals surface area contributed by atoms with Crippen molar-refractivity contribution in [3.8, 4) is 0 Å². The lowest BCUT2D eigenvalue weighted by molar-refractivity contribution is 0.648. The molecule has 0 saturated carbocycles. The van der Waals surface area contributed by atoms with Crippen LogP contribution in [0.15, 0.2) is 22.7 Å². The highest BCUT2D eigenvalue weighted by Gasteiger charge is 2.02. The molecule has 0 radical (unpaired) electrons. The highest BCUT2D eigenvalue weighted by molar-refractivity contribution is 9.10. The minimum atomic E-state index is 0.654. The fourth-order valence-corrected chi connectivity index (χ4v) is 1.60. The second kappa shape index (κ2) is 3.94. The van der Waals surface area contributed by atoms with E-state index in [4.69, 9.17) is 5.73 Å². The number of rotatable bonds is 2. The van der Waals surface area contributed by atoms with Gasteiger partial charge in [-0.3, -0.25) is 0 Å². The van der Waals surface area contributed by atoms with Gasteiger partial charge in [-0.05, 0) is 36.1 Å². The number of nitrogen functional groups attached to an aromatic ring is 1. The first kappa shape index (κ1) is 9.59. The van der Waals surface area contributed by atoms with E-state index < -0.39 is 0 Å². The molecular formula is C10H14BrN. The van der Waals surface area contributed by atoms with Gasteiger partial charge in [0.2, 0.25) is 0 Å². The molecule has 0 saturated heterocycles. The maximum atomic E-state index is 5.82. The molecule has 0 heterocycles. The maximum Gasteiger partial charge on any atom is 0.0347 e. The van der Waals surface area contributed by atoms with Crippen molar-refractivity contribution in [1.82, 2.24) is 0 Å². The summed E-state index contributed by atoms with van der Waals surface area (Å²) in [6, 6.07) is 6.01. The highest BCUT2D eigenvalue weighted by atomic mass is 79.9. The van der Waals surface area contributed by atoms with Crippen molar-refractivity contribution in [2.24, 2.45) is 5.92 Å². The quantitative estimate of drug-likeness (QED) is 0.772. The van der Waals surface area contributed by atoms with E-state index in [2.05, 4.69) is 35.8 Å². The van der Waals surface area contributed by atoms with Crippen LogP contribution in [-0.4, -0.2) is 0 Å². The molecule has 0 aliphatic heterocycles. The Morgan fingerprint density at radius 2 is 2.08 bits per heavy atom. The largest absolute Gasteiger partial charge is 0.399 e. The Balaban J connectivity index is 2.90. The van der Waals surface area contributed by atoms with Crippen molar-refractivity contribution in [3.05, 3.63) is 28.2 Å². The second-order valence-electron chi connectivity index (χ2n) is 3.44. The van der Waals surface area contributed by atoms with E-state index in [1.54, 1.807) is 0 Å². The molecule has 0 atom stereocenters. The molecule has 66 valence electrons. The number of anilines is 1. The number of hydrogen-bond acceptors (Lipinski definition) is 1. The fourth-order valence-electron chi connectivity index (χ4n) is 1.19. The summed E-state index contributed by atoms with van der Waals surface area (Å²) in [5.74, 6) is 0.654.